The number of hydrogen-bond donors (Lipinski definition) is 3. The van der Waals surface area contributed by atoms with Gasteiger partial charge >= 0.3 is 5.97 Å². The monoisotopic (exact) mass is 399 g/mol. The molecule has 0 saturated heterocycles. The van der Waals surface area contributed by atoms with Crippen LogP contribution in [0.15, 0.2) is 23.0 Å². The van der Waals surface area contributed by atoms with E-state index in [4.69, 9.17) is 9.84 Å². The molecular formula is C20H25N5O4. The molecule has 0 amide bonds. The molecule has 3 N–H and O–H groups in total. The van der Waals surface area contributed by atoms with Gasteiger partial charge in [0.1, 0.15) is 17.6 Å². The number of ether oxygens (including phenoxy) is 1. The SMILES string of the molecule is CCCc1nc(C)c2c(=O)[nH]c(-c3cc(NC(C)C(=O)O)ccc3OCC)nn12. The van der Waals surface area contributed by atoms with Crippen LogP contribution in [0.3, 0.4) is 0 Å². The third-order valence-corrected chi connectivity index (χ3v) is 4.50. The molecule has 29 heavy (non-hydrogen) atoms. The van der Waals surface area contributed by atoms with Gasteiger partial charge in [-0.2, -0.15) is 0 Å². The van der Waals surface area contributed by atoms with E-state index in [2.05, 4.69) is 20.4 Å². The van der Waals surface area contributed by atoms with E-state index in [1.54, 1.807) is 36.6 Å². The number of carbonyl (C=O) groups is 1. The van der Waals surface area contributed by atoms with Gasteiger partial charge in [0.05, 0.1) is 17.9 Å². The van der Waals surface area contributed by atoms with E-state index in [0.29, 0.717) is 47.1 Å². The molecule has 2 aromatic heterocycles. The fourth-order valence-corrected chi connectivity index (χ4v) is 3.14. The second-order valence-corrected chi connectivity index (χ2v) is 6.77. The van der Waals surface area contributed by atoms with Crippen molar-refractivity contribution in [1.29, 1.82) is 0 Å². The first-order valence-electron chi connectivity index (χ1n) is 9.60. The topological polar surface area (TPSA) is 122 Å². The number of aromatic nitrogens is 4. The van der Waals surface area contributed by atoms with Gasteiger partial charge in [0.15, 0.2) is 11.3 Å². The number of carboxylic acid groups (broad SMARTS) is 1. The van der Waals surface area contributed by atoms with Crippen molar-refractivity contribution in [2.45, 2.75) is 46.6 Å². The Balaban J connectivity index is 2.17. The van der Waals surface area contributed by atoms with Crippen LogP contribution in [-0.4, -0.2) is 43.3 Å². The Labute approximate surface area is 167 Å². The molecule has 0 aliphatic heterocycles. The second-order valence-electron chi connectivity index (χ2n) is 6.77. The molecule has 154 valence electrons. The zero-order valence-electron chi connectivity index (χ0n) is 16.9. The molecule has 0 radical (unpaired) electrons. The molecule has 1 unspecified atom stereocenters. The van der Waals surface area contributed by atoms with E-state index in [9.17, 15) is 9.59 Å². The minimum absolute atomic E-state index is 0.290. The number of H-pyrrole nitrogens is 1. The van der Waals surface area contributed by atoms with E-state index in [1.165, 1.54) is 0 Å². The van der Waals surface area contributed by atoms with Crippen molar-refractivity contribution < 1.29 is 14.6 Å². The lowest BCUT2D eigenvalue weighted by atomic mass is 10.1. The van der Waals surface area contributed by atoms with Gasteiger partial charge in [-0.05, 0) is 45.4 Å². The van der Waals surface area contributed by atoms with Crippen molar-refractivity contribution in [3.05, 3.63) is 40.1 Å². The van der Waals surface area contributed by atoms with Crippen molar-refractivity contribution in [3.8, 4) is 17.1 Å². The fourth-order valence-electron chi connectivity index (χ4n) is 3.14. The van der Waals surface area contributed by atoms with E-state index in [-0.39, 0.29) is 5.56 Å². The number of rotatable bonds is 8. The fraction of sp³-hybridized carbons (Fsp3) is 0.400. The normalized spacial score (nSPS) is 12.1. The van der Waals surface area contributed by atoms with E-state index >= 15 is 0 Å². The van der Waals surface area contributed by atoms with Crippen LogP contribution in [-0.2, 0) is 11.2 Å². The van der Waals surface area contributed by atoms with Crippen LogP contribution in [0.5, 0.6) is 5.75 Å². The molecule has 1 atom stereocenters. The second kappa shape index (κ2) is 8.34. The Morgan fingerprint density at radius 2 is 2.14 bits per heavy atom. The van der Waals surface area contributed by atoms with Gasteiger partial charge in [0.2, 0.25) is 0 Å². The van der Waals surface area contributed by atoms with Crippen molar-refractivity contribution in [3.63, 3.8) is 0 Å². The summed E-state index contributed by atoms with van der Waals surface area (Å²) in [7, 11) is 0. The number of hydrogen-bond acceptors (Lipinski definition) is 6. The van der Waals surface area contributed by atoms with Crippen LogP contribution < -0.4 is 15.6 Å². The Morgan fingerprint density at radius 3 is 2.79 bits per heavy atom. The number of nitrogens with zero attached hydrogens (tertiary/aromatic N) is 3. The van der Waals surface area contributed by atoms with Crippen LogP contribution in [0.4, 0.5) is 5.69 Å². The molecule has 9 nitrogen and oxygen atoms in total. The predicted molar refractivity (Wildman–Crippen MR) is 110 cm³/mol. The maximum atomic E-state index is 12.7. The Kier molecular flexibility index (Phi) is 5.86. The van der Waals surface area contributed by atoms with Gasteiger partial charge in [-0.25, -0.2) is 9.50 Å². The van der Waals surface area contributed by atoms with Crippen LogP contribution in [0, 0.1) is 6.92 Å². The summed E-state index contributed by atoms with van der Waals surface area (Å²) in [5, 5.41) is 16.7. The number of nitrogens with one attached hydrogen (secondary N) is 2. The molecule has 2 heterocycles. The van der Waals surface area contributed by atoms with Gasteiger partial charge in [-0.15, -0.1) is 5.10 Å². The summed E-state index contributed by atoms with van der Waals surface area (Å²) >= 11 is 0. The zero-order chi connectivity index (χ0) is 21.1. The quantitative estimate of drug-likeness (QED) is 0.532. The lowest BCUT2D eigenvalue weighted by molar-refractivity contribution is -0.137. The standard InChI is InChI=1S/C20H25N5O4/c1-5-7-16-22-11(3)17-19(26)23-18(24-25(16)17)14-10-13(21-12(4)20(27)28)8-9-15(14)29-6-2/h8-10,12,21H,5-7H2,1-4H3,(H,27,28)(H,23,24,26). The van der Waals surface area contributed by atoms with E-state index < -0.39 is 12.0 Å². The average molecular weight is 399 g/mol. The maximum absolute atomic E-state index is 12.7. The van der Waals surface area contributed by atoms with E-state index in [1.807, 2.05) is 13.8 Å². The van der Waals surface area contributed by atoms with Crippen molar-refractivity contribution >= 4 is 17.2 Å². The number of anilines is 1. The van der Waals surface area contributed by atoms with Crippen LogP contribution in [0.1, 0.15) is 38.7 Å². The molecule has 1 aromatic carbocycles. The summed E-state index contributed by atoms with van der Waals surface area (Å²) in [5.41, 5.74) is 1.90. The van der Waals surface area contributed by atoms with Gasteiger partial charge in [-0.1, -0.05) is 6.92 Å². The summed E-state index contributed by atoms with van der Waals surface area (Å²) in [6, 6.07) is 4.40. The summed E-state index contributed by atoms with van der Waals surface area (Å²) < 4.78 is 7.29. The largest absolute Gasteiger partial charge is 0.493 e. The molecular weight excluding hydrogens is 374 g/mol. The number of aromatic amines is 1. The molecule has 0 bridgehead atoms. The molecule has 0 saturated carbocycles. The molecule has 0 fully saturated rings. The molecule has 3 aromatic rings. The third kappa shape index (κ3) is 4.08. The highest BCUT2D eigenvalue weighted by Crippen LogP contribution is 2.31. The Morgan fingerprint density at radius 1 is 1.38 bits per heavy atom. The highest BCUT2D eigenvalue weighted by Gasteiger charge is 2.18. The summed E-state index contributed by atoms with van der Waals surface area (Å²) in [6.07, 6.45) is 1.57. The third-order valence-electron chi connectivity index (χ3n) is 4.50. The number of benzene rings is 1. The first-order valence-corrected chi connectivity index (χ1v) is 9.60. The molecule has 0 aliphatic carbocycles. The van der Waals surface area contributed by atoms with Gasteiger partial charge in [-0.3, -0.25) is 9.59 Å². The highest BCUT2D eigenvalue weighted by molar-refractivity contribution is 5.78. The van der Waals surface area contributed by atoms with Crippen LogP contribution in [0.25, 0.3) is 16.9 Å². The number of fused-ring (bicyclic) bond motifs is 1. The molecule has 3 rings (SSSR count). The number of imidazole rings is 1. The molecule has 9 heteroatoms. The van der Waals surface area contributed by atoms with Gasteiger partial charge in [0, 0.05) is 12.1 Å². The summed E-state index contributed by atoms with van der Waals surface area (Å²) in [4.78, 5) is 31.2. The van der Waals surface area contributed by atoms with Crippen LogP contribution >= 0.6 is 0 Å². The smallest absolute Gasteiger partial charge is 0.325 e. The summed E-state index contributed by atoms with van der Waals surface area (Å²) in [5.74, 6) is 0.621. The zero-order valence-corrected chi connectivity index (χ0v) is 16.9. The molecule has 0 aliphatic rings. The summed E-state index contributed by atoms with van der Waals surface area (Å²) in [6.45, 7) is 7.67. The number of aliphatic carboxylic acids is 1. The lowest BCUT2D eigenvalue weighted by Crippen LogP contribution is -2.25. The van der Waals surface area contributed by atoms with Crippen molar-refractivity contribution in [1.82, 2.24) is 19.6 Å². The van der Waals surface area contributed by atoms with Crippen molar-refractivity contribution in [2.75, 3.05) is 11.9 Å². The highest BCUT2D eigenvalue weighted by atomic mass is 16.5. The minimum atomic E-state index is -0.966. The number of carboxylic acids is 1. The minimum Gasteiger partial charge on any atom is -0.493 e. The lowest BCUT2D eigenvalue weighted by Gasteiger charge is -2.15. The van der Waals surface area contributed by atoms with Crippen molar-refractivity contribution in [2.24, 2.45) is 0 Å². The predicted octanol–water partition coefficient (Wildman–Crippen LogP) is 2.63. The first kappa shape index (κ1) is 20.4. The van der Waals surface area contributed by atoms with Gasteiger partial charge in [0.25, 0.3) is 5.56 Å². The molecule has 0 spiro atoms. The maximum Gasteiger partial charge on any atom is 0.325 e. The number of aryl methyl sites for hydroxylation is 2. The first-order chi connectivity index (χ1) is 13.8. The van der Waals surface area contributed by atoms with Gasteiger partial charge < -0.3 is 20.1 Å². The average Bonchev–Trinajstić information content (AvgIpc) is 2.99. The van der Waals surface area contributed by atoms with E-state index in [0.717, 1.165) is 12.2 Å². The Bertz CT molecular complexity index is 1100. The van der Waals surface area contributed by atoms with Crippen LogP contribution in [0.2, 0.25) is 0 Å². The Hall–Kier alpha value is -3.36.